The lowest BCUT2D eigenvalue weighted by Crippen LogP contribution is -2.28. The summed E-state index contributed by atoms with van der Waals surface area (Å²) in [6, 6.07) is 0. The number of rotatable bonds is 1. The molecule has 4 heteroatoms. The smallest absolute Gasteiger partial charge is 0.449 e. The van der Waals surface area contributed by atoms with E-state index in [4.69, 9.17) is 0 Å². The maximum atomic E-state index is 12.3. The van der Waals surface area contributed by atoms with Gasteiger partial charge in [0.2, 0.25) is 0 Å². The molecule has 0 aliphatic heterocycles. The van der Waals surface area contributed by atoms with E-state index in [1.807, 2.05) is 0 Å². The molecule has 12 heavy (non-hydrogen) atoms. The highest BCUT2D eigenvalue weighted by atomic mass is 19.4. The molecule has 2 saturated carbocycles. The topological polar surface area (TPSA) is 0 Å². The van der Waals surface area contributed by atoms with E-state index in [0.717, 1.165) is 12.8 Å². The highest BCUT2D eigenvalue weighted by molar-refractivity contribution is 6.60. The van der Waals surface area contributed by atoms with Crippen LogP contribution in [0.4, 0.5) is 12.9 Å². The van der Waals surface area contributed by atoms with Crippen LogP contribution in [0.3, 0.4) is 0 Å². The molecular formula is C8H13BF3-. The Hall–Kier alpha value is -0.145. The van der Waals surface area contributed by atoms with E-state index in [-0.39, 0.29) is 0 Å². The van der Waals surface area contributed by atoms with Crippen molar-refractivity contribution in [2.75, 3.05) is 0 Å². The first-order valence-corrected chi connectivity index (χ1v) is 4.72. The lowest BCUT2D eigenvalue weighted by molar-refractivity contribution is 0.295. The standard InChI is InChI=1S/C8H13BF3/c10-9(11,12)7-1-3-8(4-2-7)5-6-8/h7H,1-6H2/q-1. The molecule has 0 N–H and O–H groups in total. The summed E-state index contributed by atoms with van der Waals surface area (Å²) in [5.74, 6) is -0.934. The molecule has 0 aromatic carbocycles. The van der Waals surface area contributed by atoms with Gasteiger partial charge in [-0.1, -0.05) is 31.5 Å². The van der Waals surface area contributed by atoms with Crippen LogP contribution in [0.15, 0.2) is 0 Å². The highest BCUT2D eigenvalue weighted by Gasteiger charge is 2.48. The molecule has 0 bridgehead atoms. The van der Waals surface area contributed by atoms with E-state index in [1.54, 1.807) is 0 Å². The summed E-state index contributed by atoms with van der Waals surface area (Å²) in [5, 5.41) is 0. The van der Waals surface area contributed by atoms with Crippen molar-refractivity contribution in [2.24, 2.45) is 5.41 Å². The molecule has 0 heterocycles. The second-order valence-corrected chi connectivity index (χ2v) is 4.46. The van der Waals surface area contributed by atoms with Gasteiger partial charge in [0.05, 0.1) is 0 Å². The Kier molecular flexibility index (Phi) is 1.71. The third-order valence-electron chi connectivity index (χ3n) is 3.58. The Morgan fingerprint density at radius 3 is 1.75 bits per heavy atom. The molecule has 0 nitrogen and oxygen atoms in total. The second-order valence-electron chi connectivity index (χ2n) is 4.46. The Bertz CT molecular complexity index is 173. The lowest BCUT2D eigenvalue weighted by Gasteiger charge is -2.34. The molecule has 0 aromatic rings. The van der Waals surface area contributed by atoms with Gasteiger partial charge in [-0.3, -0.25) is 0 Å². The highest BCUT2D eigenvalue weighted by Crippen LogP contribution is 2.59. The summed E-state index contributed by atoms with van der Waals surface area (Å²) in [6.45, 7) is -4.54. The van der Waals surface area contributed by atoms with Crippen molar-refractivity contribution in [3.63, 3.8) is 0 Å². The fraction of sp³-hybridized carbons (Fsp3) is 1.00. The molecular weight excluding hydrogens is 164 g/mol. The molecule has 1 spiro atoms. The van der Waals surface area contributed by atoms with Crippen molar-refractivity contribution in [1.29, 1.82) is 0 Å². The minimum absolute atomic E-state index is 0.387. The van der Waals surface area contributed by atoms with Crippen molar-refractivity contribution in [2.45, 2.75) is 44.3 Å². The minimum Gasteiger partial charge on any atom is -0.449 e. The maximum Gasteiger partial charge on any atom is 0.481 e. The molecule has 0 unspecified atom stereocenters. The number of hydrogen-bond acceptors (Lipinski definition) is 0. The average Bonchev–Trinajstić information content (AvgIpc) is 2.68. The van der Waals surface area contributed by atoms with E-state index in [9.17, 15) is 12.9 Å². The number of hydrogen-bond donors (Lipinski definition) is 0. The third-order valence-corrected chi connectivity index (χ3v) is 3.58. The van der Waals surface area contributed by atoms with Crippen LogP contribution in [0, 0.1) is 5.41 Å². The second kappa shape index (κ2) is 2.42. The van der Waals surface area contributed by atoms with Gasteiger partial charge in [0, 0.05) is 0 Å². The van der Waals surface area contributed by atoms with Gasteiger partial charge in [0.1, 0.15) is 0 Å². The Balaban J connectivity index is 1.90. The molecule has 2 fully saturated rings. The summed E-state index contributed by atoms with van der Waals surface area (Å²) in [6.07, 6.45) is 4.85. The first kappa shape index (κ1) is 8.45. The molecule has 0 radical (unpaired) electrons. The Morgan fingerprint density at radius 1 is 0.917 bits per heavy atom. The van der Waals surface area contributed by atoms with Crippen LogP contribution in [0.5, 0.6) is 0 Å². The molecule has 0 aromatic heterocycles. The Morgan fingerprint density at radius 2 is 1.42 bits per heavy atom. The van der Waals surface area contributed by atoms with E-state index in [1.165, 1.54) is 12.8 Å². The van der Waals surface area contributed by atoms with Gasteiger partial charge >= 0.3 is 6.98 Å². The zero-order valence-electron chi connectivity index (χ0n) is 7.03. The lowest BCUT2D eigenvalue weighted by atomic mass is 9.62. The molecule has 0 atom stereocenters. The van der Waals surface area contributed by atoms with Gasteiger partial charge in [0.15, 0.2) is 0 Å². The van der Waals surface area contributed by atoms with Crippen LogP contribution in [0.25, 0.3) is 0 Å². The van der Waals surface area contributed by atoms with Gasteiger partial charge in [-0.15, -0.1) is 0 Å². The maximum absolute atomic E-state index is 12.3. The predicted octanol–water partition coefficient (Wildman–Crippen LogP) is 3.56. The van der Waals surface area contributed by atoms with Gasteiger partial charge in [-0.2, -0.15) is 0 Å². The number of halogens is 3. The van der Waals surface area contributed by atoms with Crippen LogP contribution in [-0.2, 0) is 0 Å². The average molecular weight is 177 g/mol. The third kappa shape index (κ3) is 1.48. The predicted molar refractivity (Wildman–Crippen MR) is 43.0 cm³/mol. The quantitative estimate of drug-likeness (QED) is 0.537. The van der Waals surface area contributed by atoms with E-state index in [0.29, 0.717) is 18.3 Å². The SMILES string of the molecule is F[B-](F)(F)C1CCC2(CC1)CC2. The summed E-state index contributed by atoms with van der Waals surface area (Å²) >= 11 is 0. The van der Waals surface area contributed by atoms with Crippen molar-refractivity contribution in [3.8, 4) is 0 Å². The largest absolute Gasteiger partial charge is 0.481 e. The van der Waals surface area contributed by atoms with Crippen LogP contribution < -0.4 is 0 Å². The van der Waals surface area contributed by atoms with Crippen LogP contribution >= 0.6 is 0 Å². The first-order chi connectivity index (χ1) is 5.52. The molecule has 2 aliphatic rings. The first-order valence-electron chi connectivity index (χ1n) is 4.72. The summed E-state index contributed by atoms with van der Waals surface area (Å²) in [4.78, 5) is 0. The normalized spacial score (nSPS) is 29.2. The van der Waals surface area contributed by atoms with Gasteiger partial charge in [-0.05, 0) is 18.3 Å². The fourth-order valence-electron chi connectivity index (χ4n) is 2.31. The summed E-state index contributed by atoms with van der Waals surface area (Å²) in [7, 11) is 0. The van der Waals surface area contributed by atoms with Crippen molar-refractivity contribution >= 4 is 6.98 Å². The fourth-order valence-corrected chi connectivity index (χ4v) is 2.31. The van der Waals surface area contributed by atoms with E-state index < -0.39 is 12.8 Å². The van der Waals surface area contributed by atoms with Crippen molar-refractivity contribution < 1.29 is 12.9 Å². The molecule has 0 saturated heterocycles. The van der Waals surface area contributed by atoms with Gasteiger partial charge < -0.3 is 12.9 Å². The molecule has 2 rings (SSSR count). The van der Waals surface area contributed by atoms with Gasteiger partial charge in [-0.25, -0.2) is 0 Å². The van der Waals surface area contributed by atoms with Crippen LogP contribution in [-0.4, -0.2) is 6.98 Å². The minimum atomic E-state index is -4.54. The van der Waals surface area contributed by atoms with E-state index >= 15 is 0 Å². The zero-order chi connectivity index (χ0) is 8.82. The van der Waals surface area contributed by atoms with Crippen molar-refractivity contribution in [1.82, 2.24) is 0 Å². The molecule has 0 amide bonds. The van der Waals surface area contributed by atoms with Gasteiger partial charge in [0.25, 0.3) is 0 Å². The van der Waals surface area contributed by atoms with E-state index in [2.05, 4.69) is 0 Å². The monoisotopic (exact) mass is 177 g/mol. The van der Waals surface area contributed by atoms with Crippen LogP contribution in [0.1, 0.15) is 38.5 Å². The molecule has 2 aliphatic carbocycles. The van der Waals surface area contributed by atoms with Crippen LogP contribution in [0.2, 0.25) is 5.82 Å². The van der Waals surface area contributed by atoms with Crippen molar-refractivity contribution in [3.05, 3.63) is 0 Å². The molecule has 70 valence electrons. The summed E-state index contributed by atoms with van der Waals surface area (Å²) in [5.41, 5.74) is 0.387. The Labute approximate surface area is 70.6 Å². The zero-order valence-corrected chi connectivity index (χ0v) is 7.03. The summed E-state index contributed by atoms with van der Waals surface area (Å²) < 4.78 is 36.8.